The van der Waals surface area contributed by atoms with Gasteiger partial charge in [0.15, 0.2) is 10.9 Å². The molecule has 1 aliphatic rings. The molecule has 1 aromatic carbocycles. The van der Waals surface area contributed by atoms with E-state index in [0.717, 1.165) is 47.4 Å². The molecular formula is C21H28IN5O2S. The Bertz CT molecular complexity index is 952. The van der Waals surface area contributed by atoms with Crippen LogP contribution >= 0.6 is 35.3 Å². The van der Waals surface area contributed by atoms with Crippen molar-refractivity contribution in [2.75, 3.05) is 20.3 Å². The van der Waals surface area contributed by atoms with E-state index in [9.17, 15) is 0 Å². The van der Waals surface area contributed by atoms with E-state index in [1.54, 1.807) is 18.4 Å². The summed E-state index contributed by atoms with van der Waals surface area (Å²) in [5.74, 6) is 1.63. The molecule has 30 heavy (non-hydrogen) atoms. The normalized spacial score (nSPS) is 16.5. The van der Waals surface area contributed by atoms with Gasteiger partial charge in [0.25, 0.3) is 0 Å². The Morgan fingerprint density at radius 1 is 1.37 bits per heavy atom. The van der Waals surface area contributed by atoms with Crippen molar-refractivity contribution in [3.63, 3.8) is 0 Å². The number of guanidine groups is 1. The molecule has 0 amide bonds. The van der Waals surface area contributed by atoms with Crippen molar-refractivity contribution in [2.45, 2.75) is 39.0 Å². The van der Waals surface area contributed by atoms with Gasteiger partial charge in [0, 0.05) is 43.5 Å². The summed E-state index contributed by atoms with van der Waals surface area (Å²) in [5.41, 5.74) is 3.26. The number of aromatic nitrogens is 2. The lowest BCUT2D eigenvalue weighted by molar-refractivity contribution is 0.0676. The molecule has 1 atom stereocenters. The Balaban J connectivity index is 0.00000256. The van der Waals surface area contributed by atoms with Crippen LogP contribution < -0.4 is 15.4 Å². The van der Waals surface area contributed by atoms with Gasteiger partial charge in [0.1, 0.15) is 12.4 Å². The number of benzene rings is 1. The molecule has 0 spiro atoms. The van der Waals surface area contributed by atoms with Crippen molar-refractivity contribution in [1.29, 1.82) is 0 Å². The molecular weight excluding hydrogens is 513 g/mol. The first-order chi connectivity index (χ1) is 14.2. The van der Waals surface area contributed by atoms with Crippen LogP contribution in [-0.4, -0.2) is 41.7 Å². The third-order valence-electron chi connectivity index (χ3n) is 4.92. The zero-order valence-corrected chi connectivity index (χ0v) is 20.4. The van der Waals surface area contributed by atoms with Crippen LogP contribution in [0.2, 0.25) is 0 Å². The fourth-order valence-electron chi connectivity index (χ4n) is 3.34. The molecule has 1 aliphatic heterocycles. The number of nitrogens with one attached hydrogen (secondary N) is 2. The van der Waals surface area contributed by atoms with Gasteiger partial charge in [-0.05, 0) is 31.4 Å². The van der Waals surface area contributed by atoms with Crippen molar-refractivity contribution in [3.05, 3.63) is 52.8 Å². The number of hydrogen-bond acceptors (Lipinski definition) is 5. The zero-order chi connectivity index (χ0) is 20.1. The highest BCUT2D eigenvalue weighted by Crippen LogP contribution is 2.22. The van der Waals surface area contributed by atoms with Gasteiger partial charge in [-0.25, -0.2) is 4.98 Å². The summed E-state index contributed by atoms with van der Waals surface area (Å²) in [6.45, 7) is 4.75. The van der Waals surface area contributed by atoms with E-state index in [1.807, 2.05) is 22.2 Å². The van der Waals surface area contributed by atoms with E-state index >= 15 is 0 Å². The molecule has 7 nitrogen and oxygen atoms in total. The van der Waals surface area contributed by atoms with Crippen molar-refractivity contribution in [2.24, 2.45) is 4.99 Å². The van der Waals surface area contributed by atoms with Crippen LogP contribution in [0.25, 0.3) is 4.96 Å². The lowest BCUT2D eigenvalue weighted by atomic mass is 10.1. The first-order valence-corrected chi connectivity index (χ1v) is 10.8. The largest absolute Gasteiger partial charge is 0.491 e. The molecule has 9 heteroatoms. The SMILES string of the molecule is CN=C(NCc1cn2ccsc2n1)NCc1ccc(C)cc1OCC1CCCO1.I. The summed E-state index contributed by atoms with van der Waals surface area (Å²) in [7, 11) is 1.77. The Kier molecular flexibility index (Phi) is 8.34. The standard InChI is InChI=1S/C21H27N5O2S.HI/c1-15-5-6-16(19(10-15)28-14-18-4-3-8-27-18)11-23-20(22-2)24-12-17-13-26-7-9-29-21(26)25-17;/h5-7,9-10,13,18H,3-4,8,11-12,14H2,1-2H3,(H2,22,23,24);1H. The molecule has 1 fully saturated rings. The van der Waals surface area contributed by atoms with E-state index in [0.29, 0.717) is 19.7 Å². The lowest BCUT2D eigenvalue weighted by Gasteiger charge is -2.17. The number of thiazole rings is 1. The summed E-state index contributed by atoms with van der Waals surface area (Å²) in [6.07, 6.45) is 6.44. The number of imidazole rings is 1. The summed E-state index contributed by atoms with van der Waals surface area (Å²) in [4.78, 5) is 9.90. The van der Waals surface area contributed by atoms with E-state index in [2.05, 4.69) is 45.7 Å². The minimum atomic E-state index is 0. The first kappa shape index (κ1) is 22.8. The Morgan fingerprint density at radius 2 is 2.23 bits per heavy atom. The van der Waals surface area contributed by atoms with Gasteiger partial charge >= 0.3 is 0 Å². The van der Waals surface area contributed by atoms with Crippen LogP contribution in [-0.2, 0) is 17.8 Å². The minimum absolute atomic E-state index is 0. The molecule has 4 rings (SSSR count). The average molecular weight is 541 g/mol. The Hall–Kier alpha value is -1.85. The molecule has 162 valence electrons. The average Bonchev–Trinajstić information content (AvgIpc) is 3.45. The number of nitrogens with zero attached hydrogens (tertiary/aromatic N) is 3. The Morgan fingerprint density at radius 3 is 3.00 bits per heavy atom. The van der Waals surface area contributed by atoms with Gasteiger partial charge in [0.2, 0.25) is 0 Å². The Labute approximate surface area is 197 Å². The molecule has 2 aromatic heterocycles. The molecule has 3 heterocycles. The highest BCUT2D eigenvalue weighted by molar-refractivity contribution is 14.0. The number of rotatable bonds is 7. The first-order valence-electron chi connectivity index (χ1n) is 9.91. The molecule has 1 saturated heterocycles. The third-order valence-corrected chi connectivity index (χ3v) is 5.69. The second kappa shape index (κ2) is 11.0. The number of aliphatic imine (C=N–C) groups is 1. The number of ether oxygens (including phenoxy) is 2. The van der Waals surface area contributed by atoms with Crippen molar-refractivity contribution in [3.8, 4) is 5.75 Å². The van der Waals surface area contributed by atoms with Gasteiger partial charge in [-0.2, -0.15) is 0 Å². The maximum absolute atomic E-state index is 6.09. The summed E-state index contributed by atoms with van der Waals surface area (Å²) in [6, 6.07) is 6.29. The van der Waals surface area contributed by atoms with E-state index in [4.69, 9.17) is 9.47 Å². The predicted octanol–water partition coefficient (Wildman–Crippen LogP) is 3.75. The molecule has 0 bridgehead atoms. The van der Waals surface area contributed by atoms with Crippen LogP contribution in [0.3, 0.4) is 0 Å². The van der Waals surface area contributed by atoms with Crippen LogP contribution in [0.15, 0.2) is 41.0 Å². The fraction of sp³-hybridized carbons (Fsp3) is 0.429. The van der Waals surface area contributed by atoms with E-state index in [-0.39, 0.29) is 30.1 Å². The van der Waals surface area contributed by atoms with Gasteiger partial charge in [-0.1, -0.05) is 12.1 Å². The van der Waals surface area contributed by atoms with Gasteiger partial charge in [-0.15, -0.1) is 35.3 Å². The second-order valence-corrected chi connectivity index (χ2v) is 8.03. The van der Waals surface area contributed by atoms with Crippen LogP contribution in [0.5, 0.6) is 5.75 Å². The van der Waals surface area contributed by atoms with E-state index in [1.165, 1.54) is 5.56 Å². The molecule has 1 unspecified atom stereocenters. The predicted molar refractivity (Wildman–Crippen MR) is 131 cm³/mol. The van der Waals surface area contributed by atoms with Gasteiger partial charge in [0.05, 0.1) is 18.3 Å². The maximum atomic E-state index is 6.09. The van der Waals surface area contributed by atoms with Crippen LogP contribution in [0.1, 0.15) is 29.7 Å². The summed E-state index contributed by atoms with van der Waals surface area (Å²) in [5, 5.41) is 8.72. The molecule has 3 aromatic rings. The third kappa shape index (κ3) is 5.86. The van der Waals surface area contributed by atoms with Gasteiger partial charge < -0.3 is 20.1 Å². The minimum Gasteiger partial charge on any atom is -0.491 e. The quantitative estimate of drug-likeness (QED) is 0.271. The second-order valence-electron chi connectivity index (χ2n) is 7.16. The maximum Gasteiger partial charge on any atom is 0.193 e. The van der Waals surface area contributed by atoms with Gasteiger partial charge in [-0.3, -0.25) is 9.39 Å². The lowest BCUT2D eigenvalue weighted by Crippen LogP contribution is -2.36. The van der Waals surface area contributed by atoms with Crippen molar-refractivity contribution in [1.82, 2.24) is 20.0 Å². The number of aryl methyl sites for hydroxylation is 1. The summed E-state index contributed by atoms with van der Waals surface area (Å²) >= 11 is 1.63. The highest BCUT2D eigenvalue weighted by atomic mass is 127. The van der Waals surface area contributed by atoms with Crippen molar-refractivity contribution >= 4 is 46.2 Å². The fourth-order valence-corrected chi connectivity index (χ4v) is 4.05. The molecule has 2 N–H and O–H groups in total. The molecule has 0 saturated carbocycles. The molecule has 0 aliphatic carbocycles. The number of fused-ring (bicyclic) bond motifs is 1. The summed E-state index contributed by atoms with van der Waals surface area (Å²) < 4.78 is 13.8. The zero-order valence-electron chi connectivity index (χ0n) is 17.3. The highest BCUT2D eigenvalue weighted by Gasteiger charge is 2.17. The van der Waals surface area contributed by atoms with Crippen LogP contribution in [0.4, 0.5) is 0 Å². The topological polar surface area (TPSA) is 72.2 Å². The molecule has 0 radical (unpaired) electrons. The number of halogens is 1. The monoisotopic (exact) mass is 541 g/mol. The smallest absolute Gasteiger partial charge is 0.193 e. The van der Waals surface area contributed by atoms with Crippen molar-refractivity contribution < 1.29 is 9.47 Å². The number of hydrogen-bond donors (Lipinski definition) is 2. The van der Waals surface area contributed by atoms with Crippen LogP contribution in [0, 0.1) is 6.92 Å². The van der Waals surface area contributed by atoms with E-state index < -0.39 is 0 Å².